The Hall–Kier alpha value is -2.08. The normalized spacial score (nSPS) is 15.6. The van der Waals surface area contributed by atoms with Crippen molar-refractivity contribution in [1.82, 2.24) is 9.80 Å². The highest BCUT2D eigenvalue weighted by Crippen LogP contribution is 2.17. The Morgan fingerprint density at radius 3 is 2.30 bits per heavy atom. The van der Waals surface area contributed by atoms with E-state index in [-0.39, 0.29) is 24.3 Å². The first-order chi connectivity index (χ1) is 10.9. The summed E-state index contributed by atoms with van der Waals surface area (Å²) in [6, 6.07) is 7.15. The molecule has 0 unspecified atom stereocenters. The fraction of sp³-hybridized carbons (Fsp3) is 0.529. The Morgan fingerprint density at radius 1 is 1.13 bits per heavy atom. The highest BCUT2D eigenvalue weighted by molar-refractivity contribution is 6.03. The van der Waals surface area contributed by atoms with Crippen molar-refractivity contribution in [2.24, 2.45) is 0 Å². The first-order valence-electron chi connectivity index (χ1n) is 7.97. The van der Waals surface area contributed by atoms with Crippen molar-refractivity contribution >= 4 is 17.5 Å². The molecule has 126 valence electrons. The lowest BCUT2D eigenvalue weighted by Gasteiger charge is -2.32. The summed E-state index contributed by atoms with van der Waals surface area (Å²) in [5.74, 6) is 0.355. The van der Waals surface area contributed by atoms with Crippen LogP contribution in [0.15, 0.2) is 24.3 Å². The number of hydrogen-bond donors (Lipinski definition) is 1. The molecule has 1 aromatic carbocycles. The lowest BCUT2D eigenvalue weighted by Crippen LogP contribution is -2.47. The monoisotopic (exact) mass is 319 g/mol. The molecule has 2 rings (SSSR count). The van der Waals surface area contributed by atoms with Crippen molar-refractivity contribution in [2.45, 2.75) is 26.4 Å². The average Bonchev–Trinajstić information content (AvgIpc) is 2.49. The van der Waals surface area contributed by atoms with Gasteiger partial charge in [-0.2, -0.15) is 0 Å². The lowest BCUT2D eigenvalue weighted by molar-refractivity contribution is -0.135. The number of nitrogens with one attached hydrogen (secondary N) is 1. The zero-order valence-electron chi connectivity index (χ0n) is 14.0. The lowest BCUT2D eigenvalue weighted by atomic mass is 10.2. The van der Waals surface area contributed by atoms with E-state index in [9.17, 15) is 9.59 Å². The third-order valence-corrected chi connectivity index (χ3v) is 3.68. The number of likely N-dealkylation sites (N-methyl/N-ethyl adjacent to an activating group) is 1. The molecule has 23 heavy (non-hydrogen) atoms. The molecule has 0 radical (unpaired) electrons. The van der Waals surface area contributed by atoms with E-state index in [1.54, 1.807) is 29.2 Å². The van der Waals surface area contributed by atoms with Crippen molar-refractivity contribution in [2.75, 3.05) is 38.5 Å². The third-order valence-electron chi connectivity index (χ3n) is 3.68. The van der Waals surface area contributed by atoms with Crippen LogP contribution in [0.2, 0.25) is 0 Å². The molecule has 2 amide bonds. The Morgan fingerprint density at radius 2 is 1.74 bits per heavy atom. The van der Waals surface area contributed by atoms with E-state index in [1.165, 1.54) is 0 Å². The van der Waals surface area contributed by atoms with Crippen LogP contribution in [0.5, 0.6) is 5.75 Å². The van der Waals surface area contributed by atoms with Crippen LogP contribution >= 0.6 is 0 Å². The summed E-state index contributed by atoms with van der Waals surface area (Å²) in [7, 11) is 2.03. The maximum atomic E-state index is 12.1. The summed E-state index contributed by atoms with van der Waals surface area (Å²) in [5.41, 5.74) is 0.664. The van der Waals surface area contributed by atoms with Gasteiger partial charge >= 0.3 is 0 Å². The van der Waals surface area contributed by atoms with Crippen LogP contribution in [0.1, 0.15) is 20.3 Å². The molecule has 1 saturated heterocycles. The van der Waals surface area contributed by atoms with Crippen molar-refractivity contribution < 1.29 is 14.3 Å². The standard InChI is InChI=1S/C17H25N3O3/c1-13(2)23-15-6-4-14(5-7-15)18-16(21)12-17(22)20-10-8-19(3)9-11-20/h4-7,13H,8-12H2,1-3H3,(H,18,21). The van der Waals surface area contributed by atoms with Gasteiger partial charge in [-0.15, -0.1) is 0 Å². The summed E-state index contributed by atoms with van der Waals surface area (Å²) in [6.07, 6.45) is -0.00909. The Labute approximate surface area is 137 Å². The predicted molar refractivity (Wildman–Crippen MR) is 89.5 cm³/mol. The molecular weight excluding hydrogens is 294 g/mol. The van der Waals surface area contributed by atoms with Gasteiger partial charge in [-0.1, -0.05) is 0 Å². The zero-order chi connectivity index (χ0) is 16.8. The van der Waals surface area contributed by atoms with Gasteiger partial charge in [0.1, 0.15) is 12.2 Å². The number of anilines is 1. The average molecular weight is 319 g/mol. The van der Waals surface area contributed by atoms with E-state index >= 15 is 0 Å². The summed E-state index contributed by atoms with van der Waals surface area (Å²) in [6.45, 7) is 6.99. The summed E-state index contributed by atoms with van der Waals surface area (Å²) < 4.78 is 5.55. The van der Waals surface area contributed by atoms with Gasteiger partial charge in [-0.05, 0) is 45.2 Å². The fourth-order valence-corrected chi connectivity index (χ4v) is 2.40. The summed E-state index contributed by atoms with van der Waals surface area (Å²) >= 11 is 0. The molecule has 1 fully saturated rings. The number of amides is 2. The molecule has 1 aliphatic rings. The van der Waals surface area contributed by atoms with Gasteiger partial charge in [-0.3, -0.25) is 9.59 Å². The molecule has 0 saturated carbocycles. The number of carbonyl (C=O) groups excluding carboxylic acids is 2. The first-order valence-corrected chi connectivity index (χ1v) is 7.97. The molecule has 1 N–H and O–H groups in total. The van der Waals surface area contributed by atoms with Gasteiger partial charge < -0.3 is 19.9 Å². The molecule has 0 atom stereocenters. The smallest absolute Gasteiger partial charge is 0.233 e. The third kappa shape index (κ3) is 5.56. The Balaban J connectivity index is 1.81. The number of carbonyl (C=O) groups is 2. The van der Waals surface area contributed by atoms with Crippen LogP contribution in [0, 0.1) is 0 Å². The van der Waals surface area contributed by atoms with Crippen molar-refractivity contribution in [3.63, 3.8) is 0 Å². The summed E-state index contributed by atoms with van der Waals surface area (Å²) in [4.78, 5) is 28.0. The zero-order valence-corrected chi connectivity index (χ0v) is 14.0. The van der Waals surface area contributed by atoms with Crippen molar-refractivity contribution in [3.8, 4) is 5.75 Å². The number of benzene rings is 1. The van der Waals surface area contributed by atoms with E-state index in [1.807, 2.05) is 20.9 Å². The molecule has 1 aromatic rings. The fourth-order valence-electron chi connectivity index (χ4n) is 2.40. The Bertz CT molecular complexity index is 535. The van der Waals surface area contributed by atoms with Crippen LogP contribution in [0.3, 0.4) is 0 Å². The minimum absolute atomic E-state index is 0.108. The second-order valence-electron chi connectivity index (χ2n) is 6.10. The second kappa shape index (κ2) is 7.97. The predicted octanol–water partition coefficient (Wildman–Crippen LogP) is 1.58. The molecule has 0 spiro atoms. The number of piperazine rings is 1. The second-order valence-corrected chi connectivity index (χ2v) is 6.10. The quantitative estimate of drug-likeness (QED) is 0.837. The van der Waals surface area contributed by atoms with Crippen molar-refractivity contribution in [3.05, 3.63) is 24.3 Å². The largest absolute Gasteiger partial charge is 0.491 e. The highest BCUT2D eigenvalue weighted by Gasteiger charge is 2.21. The van der Waals surface area contributed by atoms with Crippen LogP contribution in [-0.2, 0) is 9.59 Å². The molecule has 0 aliphatic carbocycles. The van der Waals surface area contributed by atoms with Gasteiger partial charge in [-0.25, -0.2) is 0 Å². The number of hydrogen-bond acceptors (Lipinski definition) is 4. The Kier molecular flexibility index (Phi) is 5.98. The van der Waals surface area contributed by atoms with E-state index in [0.29, 0.717) is 18.8 Å². The molecule has 1 heterocycles. The summed E-state index contributed by atoms with van der Waals surface area (Å²) in [5, 5.41) is 2.75. The maximum Gasteiger partial charge on any atom is 0.233 e. The van der Waals surface area contributed by atoms with E-state index < -0.39 is 0 Å². The van der Waals surface area contributed by atoms with Gasteiger partial charge in [0, 0.05) is 31.9 Å². The molecule has 1 aliphatic heterocycles. The van der Waals surface area contributed by atoms with Crippen molar-refractivity contribution in [1.29, 1.82) is 0 Å². The van der Waals surface area contributed by atoms with Gasteiger partial charge in [0.15, 0.2) is 0 Å². The number of ether oxygens (including phenoxy) is 1. The topological polar surface area (TPSA) is 61.9 Å². The maximum absolute atomic E-state index is 12.1. The molecule has 0 aromatic heterocycles. The molecule has 6 nitrogen and oxygen atoms in total. The number of rotatable bonds is 5. The van der Waals surface area contributed by atoms with Gasteiger partial charge in [0.25, 0.3) is 0 Å². The molecular formula is C17H25N3O3. The van der Waals surface area contributed by atoms with Gasteiger partial charge in [0.2, 0.25) is 11.8 Å². The molecule has 6 heteroatoms. The minimum atomic E-state index is -0.286. The van der Waals surface area contributed by atoms with Crippen LogP contribution < -0.4 is 10.1 Å². The highest BCUT2D eigenvalue weighted by atomic mass is 16.5. The van der Waals surface area contributed by atoms with E-state index in [0.717, 1.165) is 18.8 Å². The van der Waals surface area contributed by atoms with Gasteiger partial charge in [0.05, 0.1) is 6.10 Å². The van der Waals surface area contributed by atoms with Crippen LogP contribution in [0.4, 0.5) is 5.69 Å². The first kappa shape index (κ1) is 17.3. The van der Waals surface area contributed by atoms with E-state index in [2.05, 4.69) is 10.2 Å². The SMILES string of the molecule is CC(C)Oc1ccc(NC(=O)CC(=O)N2CCN(C)CC2)cc1. The minimum Gasteiger partial charge on any atom is -0.491 e. The molecule has 0 bridgehead atoms. The van der Waals surface area contributed by atoms with Crippen LogP contribution in [-0.4, -0.2) is 60.9 Å². The van der Waals surface area contributed by atoms with E-state index in [4.69, 9.17) is 4.74 Å². The van der Waals surface area contributed by atoms with Crippen LogP contribution in [0.25, 0.3) is 0 Å². The number of nitrogens with zero attached hydrogens (tertiary/aromatic N) is 2.